The van der Waals surface area contributed by atoms with Crippen molar-refractivity contribution in [2.75, 3.05) is 27.4 Å². The molecular formula is C15H20N2O5. The van der Waals surface area contributed by atoms with Crippen molar-refractivity contribution in [2.45, 2.75) is 12.8 Å². The Bertz CT molecular complexity index is 544. The predicted octanol–water partition coefficient (Wildman–Crippen LogP) is 0.708. The molecule has 1 aromatic rings. The number of carbonyl (C=O) groups is 2. The fourth-order valence-corrected chi connectivity index (χ4v) is 1.96. The maximum Gasteiger partial charge on any atom is 0.255 e. The van der Waals surface area contributed by atoms with Crippen LogP contribution in [0.15, 0.2) is 12.1 Å². The van der Waals surface area contributed by atoms with E-state index in [0.717, 1.165) is 12.8 Å². The second kappa shape index (κ2) is 7.02. The third kappa shape index (κ3) is 4.03. The number of carbonyl (C=O) groups excluding carboxylic acids is 2. The molecule has 1 aliphatic rings. The number of benzene rings is 1. The molecule has 0 heterocycles. The lowest BCUT2D eigenvalue weighted by Crippen LogP contribution is -2.25. The van der Waals surface area contributed by atoms with Gasteiger partial charge in [-0.2, -0.15) is 0 Å². The van der Waals surface area contributed by atoms with E-state index in [9.17, 15) is 9.59 Å². The van der Waals surface area contributed by atoms with Crippen LogP contribution in [0.5, 0.6) is 17.2 Å². The highest BCUT2D eigenvalue weighted by Gasteiger charge is 2.23. The number of amides is 2. The molecule has 7 nitrogen and oxygen atoms in total. The van der Waals surface area contributed by atoms with Gasteiger partial charge >= 0.3 is 0 Å². The highest BCUT2D eigenvalue weighted by atomic mass is 16.5. The van der Waals surface area contributed by atoms with Crippen molar-refractivity contribution < 1.29 is 23.8 Å². The van der Waals surface area contributed by atoms with E-state index in [1.54, 1.807) is 12.1 Å². The van der Waals surface area contributed by atoms with Gasteiger partial charge in [0.05, 0.1) is 14.2 Å². The van der Waals surface area contributed by atoms with Crippen molar-refractivity contribution >= 4 is 11.8 Å². The quantitative estimate of drug-likeness (QED) is 0.736. The van der Waals surface area contributed by atoms with E-state index < -0.39 is 5.91 Å². The van der Waals surface area contributed by atoms with Gasteiger partial charge < -0.3 is 25.3 Å². The summed E-state index contributed by atoms with van der Waals surface area (Å²) in [7, 11) is 2.88. The SMILES string of the molecule is COc1cc(C(=O)NCC2CC2)cc(OC)c1OCC(N)=O. The Labute approximate surface area is 128 Å². The molecule has 0 aliphatic heterocycles. The van der Waals surface area contributed by atoms with E-state index in [2.05, 4.69) is 5.32 Å². The van der Waals surface area contributed by atoms with Crippen LogP contribution in [-0.4, -0.2) is 39.2 Å². The van der Waals surface area contributed by atoms with E-state index in [1.165, 1.54) is 14.2 Å². The Kier molecular flexibility index (Phi) is 5.08. The van der Waals surface area contributed by atoms with Crippen molar-refractivity contribution in [2.24, 2.45) is 11.7 Å². The molecule has 7 heteroatoms. The van der Waals surface area contributed by atoms with Gasteiger partial charge in [-0.15, -0.1) is 0 Å². The van der Waals surface area contributed by atoms with Gasteiger partial charge in [-0.05, 0) is 30.9 Å². The van der Waals surface area contributed by atoms with E-state index in [4.69, 9.17) is 19.9 Å². The maximum absolute atomic E-state index is 12.2. The molecule has 0 spiro atoms. The summed E-state index contributed by atoms with van der Waals surface area (Å²) in [5, 5.41) is 2.87. The minimum atomic E-state index is -0.615. The van der Waals surface area contributed by atoms with Crippen LogP contribution in [0.3, 0.4) is 0 Å². The number of nitrogens with one attached hydrogen (secondary N) is 1. The van der Waals surface area contributed by atoms with Gasteiger partial charge in [0.15, 0.2) is 18.1 Å². The van der Waals surface area contributed by atoms with Gasteiger partial charge in [0, 0.05) is 12.1 Å². The highest BCUT2D eigenvalue weighted by Crippen LogP contribution is 2.38. The molecule has 2 amide bonds. The molecule has 1 fully saturated rings. The maximum atomic E-state index is 12.2. The fourth-order valence-electron chi connectivity index (χ4n) is 1.96. The van der Waals surface area contributed by atoms with Crippen molar-refractivity contribution in [1.82, 2.24) is 5.32 Å². The lowest BCUT2D eigenvalue weighted by atomic mass is 10.1. The summed E-state index contributed by atoms with van der Waals surface area (Å²) >= 11 is 0. The van der Waals surface area contributed by atoms with Crippen LogP contribution in [0, 0.1) is 5.92 Å². The molecule has 22 heavy (non-hydrogen) atoms. The summed E-state index contributed by atoms with van der Waals surface area (Å²) in [6.45, 7) is 0.364. The van der Waals surface area contributed by atoms with Gasteiger partial charge in [-0.1, -0.05) is 0 Å². The van der Waals surface area contributed by atoms with Crippen molar-refractivity contribution in [1.29, 1.82) is 0 Å². The number of hydrogen-bond donors (Lipinski definition) is 2. The van der Waals surface area contributed by atoms with E-state index >= 15 is 0 Å². The van der Waals surface area contributed by atoms with E-state index in [-0.39, 0.29) is 18.3 Å². The topological polar surface area (TPSA) is 99.9 Å². The summed E-state index contributed by atoms with van der Waals surface area (Å²) < 4.78 is 15.7. The molecule has 1 saturated carbocycles. The fraction of sp³-hybridized carbons (Fsp3) is 0.467. The first-order valence-electron chi connectivity index (χ1n) is 7.00. The zero-order valence-electron chi connectivity index (χ0n) is 12.7. The number of nitrogens with two attached hydrogens (primary N) is 1. The third-order valence-electron chi connectivity index (χ3n) is 3.33. The minimum absolute atomic E-state index is 0.204. The minimum Gasteiger partial charge on any atom is -0.493 e. The number of primary amides is 1. The van der Waals surface area contributed by atoms with Gasteiger partial charge in [0.1, 0.15) is 0 Å². The number of hydrogen-bond acceptors (Lipinski definition) is 5. The molecule has 3 N–H and O–H groups in total. The predicted molar refractivity (Wildman–Crippen MR) is 79.3 cm³/mol. The summed E-state index contributed by atoms with van der Waals surface area (Å²) in [5.74, 6) is 0.614. The zero-order chi connectivity index (χ0) is 16.1. The highest BCUT2D eigenvalue weighted by molar-refractivity contribution is 5.95. The Hall–Kier alpha value is -2.44. The number of ether oxygens (including phenoxy) is 3. The van der Waals surface area contributed by atoms with Crippen LogP contribution in [-0.2, 0) is 4.79 Å². The number of methoxy groups -OCH3 is 2. The average Bonchev–Trinajstić information content (AvgIpc) is 3.33. The lowest BCUT2D eigenvalue weighted by molar-refractivity contribution is -0.120. The Morgan fingerprint density at radius 2 is 1.82 bits per heavy atom. The second-order valence-electron chi connectivity index (χ2n) is 5.12. The Balaban J connectivity index is 2.20. The van der Waals surface area contributed by atoms with Crippen LogP contribution in [0.4, 0.5) is 0 Å². The summed E-state index contributed by atoms with van der Waals surface area (Å²) in [6.07, 6.45) is 2.32. The molecular weight excluding hydrogens is 288 g/mol. The summed E-state index contributed by atoms with van der Waals surface area (Å²) in [4.78, 5) is 23.0. The molecule has 2 rings (SSSR count). The molecule has 0 radical (unpaired) electrons. The van der Waals surface area contributed by atoms with Gasteiger partial charge in [-0.3, -0.25) is 9.59 Å². The van der Waals surface area contributed by atoms with Crippen LogP contribution < -0.4 is 25.3 Å². The number of rotatable bonds is 8. The van der Waals surface area contributed by atoms with Crippen molar-refractivity contribution in [3.8, 4) is 17.2 Å². The second-order valence-corrected chi connectivity index (χ2v) is 5.12. The molecule has 0 bridgehead atoms. The molecule has 0 aromatic heterocycles. The standard InChI is InChI=1S/C15H20N2O5/c1-20-11-5-10(15(19)17-7-9-3-4-9)6-12(21-2)14(11)22-8-13(16)18/h5-6,9H,3-4,7-8H2,1-2H3,(H2,16,18)(H,17,19). The van der Waals surface area contributed by atoms with Gasteiger partial charge in [-0.25, -0.2) is 0 Å². The molecule has 120 valence electrons. The largest absolute Gasteiger partial charge is 0.493 e. The molecule has 0 atom stereocenters. The molecule has 1 aliphatic carbocycles. The monoisotopic (exact) mass is 308 g/mol. The molecule has 1 aromatic carbocycles. The average molecular weight is 308 g/mol. The van der Waals surface area contributed by atoms with Crippen LogP contribution >= 0.6 is 0 Å². The molecule has 0 saturated heterocycles. The Morgan fingerprint density at radius 1 is 1.23 bits per heavy atom. The smallest absolute Gasteiger partial charge is 0.255 e. The first-order valence-corrected chi connectivity index (χ1v) is 7.00. The Morgan fingerprint density at radius 3 is 2.27 bits per heavy atom. The third-order valence-corrected chi connectivity index (χ3v) is 3.33. The lowest BCUT2D eigenvalue weighted by Gasteiger charge is -2.15. The first kappa shape index (κ1) is 15.9. The van der Waals surface area contributed by atoms with Gasteiger partial charge in [0.2, 0.25) is 5.75 Å². The van der Waals surface area contributed by atoms with Crippen molar-refractivity contribution in [3.63, 3.8) is 0 Å². The van der Waals surface area contributed by atoms with E-state index in [0.29, 0.717) is 29.5 Å². The van der Waals surface area contributed by atoms with Gasteiger partial charge in [0.25, 0.3) is 11.8 Å². The summed E-state index contributed by atoms with van der Waals surface area (Å²) in [6, 6.07) is 3.09. The zero-order valence-corrected chi connectivity index (χ0v) is 12.7. The molecule has 0 unspecified atom stereocenters. The van der Waals surface area contributed by atoms with Crippen molar-refractivity contribution in [3.05, 3.63) is 17.7 Å². The van der Waals surface area contributed by atoms with Crippen LogP contribution in [0.2, 0.25) is 0 Å². The van der Waals surface area contributed by atoms with Crippen LogP contribution in [0.25, 0.3) is 0 Å². The first-order chi connectivity index (χ1) is 10.5. The van der Waals surface area contributed by atoms with Crippen LogP contribution in [0.1, 0.15) is 23.2 Å². The normalized spacial score (nSPS) is 13.4. The van der Waals surface area contributed by atoms with E-state index in [1.807, 2.05) is 0 Å². The summed E-state index contributed by atoms with van der Waals surface area (Å²) in [5.41, 5.74) is 5.47.